The van der Waals surface area contributed by atoms with Crippen molar-refractivity contribution in [2.24, 2.45) is 11.8 Å². The third-order valence-corrected chi connectivity index (χ3v) is 4.00. The van der Waals surface area contributed by atoms with E-state index < -0.39 is 0 Å². The molecule has 0 aromatic rings. The minimum Gasteiger partial charge on any atom is -0.159 e. The van der Waals surface area contributed by atoms with Gasteiger partial charge in [-0.15, -0.1) is 0 Å². The summed E-state index contributed by atoms with van der Waals surface area (Å²) in [5, 5.41) is 0.858. The smallest absolute Gasteiger partial charge is 0.00187 e. The van der Waals surface area contributed by atoms with Crippen LogP contribution in [0.4, 0.5) is 0 Å². The highest BCUT2D eigenvalue weighted by Crippen LogP contribution is 2.22. The standard InChI is InChI=1S/C11H24S/c1-6-7-11(5)12-8-10(4)9(2)3/h9-11H,6-8H2,1-5H3. The van der Waals surface area contributed by atoms with Gasteiger partial charge in [-0.1, -0.05) is 41.0 Å². The predicted molar refractivity (Wildman–Crippen MR) is 60.8 cm³/mol. The molecule has 12 heavy (non-hydrogen) atoms. The van der Waals surface area contributed by atoms with Crippen molar-refractivity contribution >= 4 is 11.8 Å². The van der Waals surface area contributed by atoms with Crippen LogP contribution in [-0.4, -0.2) is 11.0 Å². The van der Waals surface area contributed by atoms with Gasteiger partial charge in [-0.05, 0) is 24.0 Å². The molecule has 0 nitrogen and oxygen atoms in total. The van der Waals surface area contributed by atoms with Crippen molar-refractivity contribution in [2.75, 3.05) is 5.75 Å². The van der Waals surface area contributed by atoms with Crippen LogP contribution >= 0.6 is 11.8 Å². The van der Waals surface area contributed by atoms with E-state index in [2.05, 4.69) is 46.4 Å². The molecule has 0 N–H and O–H groups in total. The second-order valence-electron chi connectivity index (χ2n) is 4.15. The number of hydrogen-bond acceptors (Lipinski definition) is 1. The van der Waals surface area contributed by atoms with E-state index >= 15 is 0 Å². The SMILES string of the molecule is CCCC(C)SCC(C)C(C)C. The van der Waals surface area contributed by atoms with Gasteiger partial charge in [0.1, 0.15) is 0 Å². The van der Waals surface area contributed by atoms with Crippen LogP contribution in [0.15, 0.2) is 0 Å². The zero-order valence-corrected chi connectivity index (χ0v) is 10.1. The van der Waals surface area contributed by atoms with E-state index in [0.29, 0.717) is 0 Å². The van der Waals surface area contributed by atoms with E-state index in [4.69, 9.17) is 0 Å². The van der Waals surface area contributed by atoms with Crippen LogP contribution in [0, 0.1) is 11.8 Å². The molecule has 0 aromatic heterocycles. The Balaban J connectivity index is 3.40. The molecule has 0 aliphatic rings. The maximum atomic E-state index is 2.36. The molecule has 0 saturated heterocycles. The van der Waals surface area contributed by atoms with Crippen LogP contribution in [-0.2, 0) is 0 Å². The van der Waals surface area contributed by atoms with Gasteiger partial charge in [0.05, 0.1) is 0 Å². The van der Waals surface area contributed by atoms with Gasteiger partial charge in [0.2, 0.25) is 0 Å². The minimum atomic E-state index is 0.839. The summed E-state index contributed by atoms with van der Waals surface area (Å²) in [6, 6.07) is 0. The largest absolute Gasteiger partial charge is 0.159 e. The Morgan fingerprint density at radius 1 is 1.08 bits per heavy atom. The number of thioether (sulfide) groups is 1. The van der Waals surface area contributed by atoms with Crippen LogP contribution in [0.2, 0.25) is 0 Å². The first kappa shape index (κ1) is 12.3. The first-order valence-electron chi connectivity index (χ1n) is 5.19. The lowest BCUT2D eigenvalue weighted by atomic mass is 10.0. The van der Waals surface area contributed by atoms with Crippen molar-refractivity contribution in [1.29, 1.82) is 0 Å². The van der Waals surface area contributed by atoms with Gasteiger partial charge in [0.15, 0.2) is 0 Å². The van der Waals surface area contributed by atoms with Crippen LogP contribution in [0.1, 0.15) is 47.5 Å². The second kappa shape index (κ2) is 6.82. The van der Waals surface area contributed by atoms with Gasteiger partial charge in [0, 0.05) is 5.25 Å². The van der Waals surface area contributed by atoms with Crippen molar-refractivity contribution < 1.29 is 0 Å². The highest BCUT2D eigenvalue weighted by atomic mass is 32.2. The zero-order valence-electron chi connectivity index (χ0n) is 9.26. The van der Waals surface area contributed by atoms with Crippen molar-refractivity contribution in [3.05, 3.63) is 0 Å². The Labute approximate surface area is 82.5 Å². The Hall–Kier alpha value is 0.350. The molecule has 0 aliphatic carbocycles. The number of rotatable bonds is 6. The molecule has 0 radical (unpaired) electrons. The minimum absolute atomic E-state index is 0.839. The maximum absolute atomic E-state index is 2.36. The van der Waals surface area contributed by atoms with Crippen molar-refractivity contribution in [3.8, 4) is 0 Å². The van der Waals surface area contributed by atoms with E-state index in [1.165, 1.54) is 18.6 Å². The lowest BCUT2D eigenvalue weighted by Gasteiger charge is -2.17. The molecule has 0 amide bonds. The molecular weight excluding hydrogens is 164 g/mol. The molecule has 0 heterocycles. The number of hydrogen-bond donors (Lipinski definition) is 0. The third-order valence-electron chi connectivity index (χ3n) is 2.48. The summed E-state index contributed by atoms with van der Waals surface area (Å²) in [6.07, 6.45) is 2.69. The van der Waals surface area contributed by atoms with E-state index in [0.717, 1.165) is 17.1 Å². The molecule has 1 heteroatoms. The second-order valence-corrected chi connectivity index (χ2v) is 5.63. The highest BCUT2D eigenvalue weighted by molar-refractivity contribution is 7.99. The van der Waals surface area contributed by atoms with E-state index in [1.807, 2.05) is 0 Å². The monoisotopic (exact) mass is 188 g/mol. The van der Waals surface area contributed by atoms with Gasteiger partial charge in [0.25, 0.3) is 0 Å². The normalized spacial score (nSPS) is 16.5. The van der Waals surface area contributed by atoms with Gasteiger partial charge in [-0.3, -0.25) is 0 Å². The quantitative estimate of drug-likeness (QED) is 0.602. The summed E-state index contributed by atoms with van der Waals surface area (Å²) >= 11 is 2.14. The summed E-state index contributed by atoms with van der Waals surface area (Å²) in [7, 11) is 0. The Morgan fingerprint density at radius 2 is 1.67 bits per heavy atom. The van der Waals surface area contributed by atoms with Gasteiger partial charge in [-0.2, -0.15) is 11.8 Å². The topological polar surface area (TPSA) is 0 Å². The molecule has 0 saturated carbocycles. The predicted octanol–water partition coefficient (Wildman–Crippen LogP) is 4.20. The van der Waals surface area contributed by atoms with E-state index in [1.54, 1.807) is 0 Å². The molecule has 0 rings (SSSR count). The van der Waals surface area contributed by atoms with Crippen LogP contribution in [0.25, 0.3) is 0 Å². The Bertz CT molecular complexity index is 99.2. The van der Waals surface area contributed by atoms with Gasteiger partial charge >= 0.3 is 0 Å². The third kappa shape index (κ3) is 5.93. The summed E-state index contributed by atoms with van der Waals surface area (Å²) < 4.78 is 0. The molecule has 0 bridgehead atoms. The average Bonchev–Trinajstić information content (AvgIpc) is 2.00. The van der Waals surface area contributed by atoms with E-state index in [-0.39, 0.29) is 0 Å². The van der Waals surface area contributed by atoms with Gasteiger partial charge in [-0.25, -0.2) is 0 Å². The molecule has 0 aliphatic heterocycles. The average molecular weight is 188 g/mol. The molecule has 2 atom stereocenters. The fourth-order valence-corrected chi connectivity index (χ4v) is 2.42. The Kier molecular flexibility index (Phi) is 7.02. The zero-order chi connectivity index (χ0) is 9.56. The highest BCUT2D eigenvalue weighted by Gasteiger charge is 2.09. The molecule has 2 unspecified atom stereocenters. The maximum Gasteiger partial charge on any atom is 0.00187 e. The molecule has 0 aromatic carbocycles. The van der Waals surface area contributed by atoms with Crippen LogP contribution < -0.4 is 0 Å². The fraction of sp³-hybridized carbons (Fsp3) is 1.00. The molecule has 74 valence electrons. The first-order chi connectivity index (χ1) is 5.57. The van der Waals surface area contributed by atoms with Gasteiger partial charge < -0.3 is 0 Å². The summed E-state index contributed by atoms with van der Waals surface area (Å²) in [5.74, 6) is 3.04. The fourth-order valence-electron chi connectivity index (χ4n) is 0.998. The van der Waals surface area contributed by atoms with E-state index in [9.17, 15) is 0 Å². The Morgan fingerprint density at radius 3 is 2.08 bits per heavy atom. The van der Waals surface area contributed by atoms with Crippen LogP contribution in [0.5, 0.6) is 0 Å². The lowest BCUT2D eigenvalue weighted by molar-refractivity contribution is 0.464. The summed E-state index contributed by atoms with van der Waals surface area (Å²) in [6.45, 7) is 11.6. The first-order valence-corrected chi connectivity index (χ1v) is 6.24. The summed E-state index contributed by atoms with van der Waals surface area (Å²) in [5.41, 5.74) is 0. The molecular formula is C11H24S. The summed E-state index contributed by atoms with van der Waals surface area (Å²) in [4.78, 5) is 0. The van der Waals surface area contributed by atoms with Crippen molar-refractivity contribution in [1.82, 2.24) is 0 Å². The molecule has 0 spiro atoms. The lowest BCUT2D eigenvalue weighted by Crippen LogP contribution is -2.09. The molecule has 0 fully saturated rings. The van der Waals surface area contributed by atoms with Crippen molar-refractivity contribution in [3.63, 3.8) is 0 Å². The van der Waals surface area contributed by atoms with Crippen molar-refractivity contribution in [2.45, 2.75) is 52.7 Å². The van der Waals surface area contributed by atoms with Crippen LogP contribution in [0.3, 0.4) is 0 Å².